The topological polar surface area (TPSA) is 55.7 Å². The molecule has 0 atom stereocenters. The predicted octanol–water partition coefficient (Wildman–Crippen LogP) is 4.31. The number of aromatic nitrogens is 1. The molecule has 0 spiro atoms. The molecule has 128 valence electrons. The van der Waals surface area contributed by atoms with Crippen molar-refractivity contribution in [1.29, 1.82) is 0 Å². The van der Waals surface area contributed by atoms with E-state index in [1.807, 2.05) is 24.3 Å². The highest BCUT2D eigenvalue weighted by Crippen LogP contribution is 2.27. The van der Waals surface area contributed by atoms with Crippen molar-refractivity contribution in [2.24, 2.45) is 5.10 Å². The molecule has 3 rings (SSSR count). The van der Waals surface area contributed by atoms with Gasteiger partial charge in [0.2, 0.25) is 0 Å². The summed E-state index contributed by atoms with van der Waals surface area (Å²) >= 11 is 0. The van der Waals surface area contributed by atoms with Crippen molar-refractivity contribution in [3.63, 3.8) is 0 Å². The number of methoxy groups -OCH3 is 2. The Morgan fingerprint density at radius 3 is 2.52 bits per heavy atom. The van der Waals surface area contributed by atoms with Gasteiger partial charge in [-0.3, -0.25) is 5.43 Å². The molecule has 0 aliphatic carbocycles. The van der Waals surface area contributed by atoms with E-state index in [4.69, 9.17) is 9.47 Å². The molecule has 0 aliphatic rings. The van der Waals surface area contributed by atoms with Crippen molar-refractivity contribution in [3.05, 3.63) is 59.2 Å². The van der Waals surface area contributed by atoms with Gasteiger partial charge in [0.25, 0.3) is 0 Å². The number of nitrogens with zero attached hydrogens (tertiary/aromatic N) is 2. The van der Waals surface area contributed by atoms with E-state index in [1.165, 1.54) is 0 Å². The SMILES string of the molecule is COc1ccc(C=NNc2cc(C)c3cccc(C)c3n2)cc1OC. The van der Waals surface area contributed by atoms with Crippen LogP contribution < -0.4 is 14.9 Å². The molecule has 5 nitrogen and oxygen atoms in total. The van der Waals surface area contributed by atoms with Crippen LogP contribution in [0.4, 0.5) is 5.82 Å². The van der Waals surface area contributed by atoms with E-state index >= 15 is 0 Å². The molecule has 0 fully saturated rings. The van der Waals surface area contributed by atoms with Gasteiger partial charge in [-0.05, 0) is 54.8 Å². The van der Waals surface area contributed by atoms with Crippen LogP contribution in [-0.4, -0.2) is 25.4 Å². The number of ether oxygens (including phenoxy) is 2. The Hall–Kier alpha value is -3.08. The van der Waals surface area contributed by atoms with Gasteiger partial charge in [-0.2, -0.15) is 5.10 Å². The van der Waals surface area contributed by atoms with E-state index in [0.717, 1.165) is 33.4 Å². The van der Waals surface area contributed by atoms with Crippen LogP contribution in [0.25, 0.3) is 10.9 Å². The minimum absolute atomic E-state index is 0.668. The van der Waals surface area contributed by atoms with Crippen molar-refractivity contribution in [1.82, 2.24) is 4.98 Å². The zero-order chi connectivity index (χ0) is 17.8. The van der Waals surface area contributed by atoms with Gasteiger partial charge in [0.15, 0.2) is 11.5 Å². The fraction of sp³-hybridized carbons (Fsp3) is 0.200. The summed E-state index contributed by atoms with van der Waals surface area (Å²) in [7, 11) is 3.23. The molecule has 0 aliphatic heterocycles. The van der Waals surface area contributed by atoms with E-state index in [-0.39, 0.29) is 0 Å². The fourth-order valence-corrected chi connectivity index (χ4v) is 2.72. The average molecular weight is 335 g/mol. The van der Waals surface area contributed by atoms with Gasteiger partial charge in [0.1, 0.15) is 5.82 Å². The summed E-state index contributed by atoms with van der Waals surface area (Å²) in [6.07, 6.45) is 1.72. The molecule has 5 heteroatoms. The van der Waals surface area contributed by atoms with E-state index in [1.54, 1.807) is 20.4 Å². The second-order valence-electron chi connectivity index (χ2n) is 5.78. The Labute approximate surface area is 147 Å². The molecule has 1 heterocycles. The Morgan fingerprint density at radius 2 is 1.76 bits per heavy atom. The lowest BCUT2D eigenvalue weighted by Crippen LogP contribution is -1.97. The van der Waals surface area contributed by atoms with Crippen LogP contribution in [0.2, 0.25) is 0 Å². The zero-order valence-corrected chi connectivity index (χ0v) is 14.8. The van der Waals surface area contributed by atoms with Crippen LogP contribution in [0.3, 0.4) is 0 Å². The molecule has 1 aromatic heterocycles. The molecule has 0 saturated carbocycles. The second-order valence-corrected chi connectivity index (χ2v) is 5.78. The van der Waals surface area contributed by atoms with Crippen LogP contribution in [0.15, 0.2) is 47.6 Å². The van der Waals surface area contributed by atoms with Crippen molar-refractivity contribution in [3.8, 4) is 11.5 Å². The first-order valence-electron chi connectivity index (χ1n) is 8.00. The summed E-state index contributed by atoms with van der Waals surface area (Å²) in [4.78, 5) is 4.66. The van der Waals surface area contributed by atoms with E-state index in [0.29, 0.717) is 11.5 Å². The molecule has 3 aromatic rings. The normalized spacial score (nSPS) is 11.0. The number of aryl methyl sites for hydroxylation is 2. The summed E-state index contributed by atoms with van der Waals surface area (Å²) in [6.45, 7) is 4.14. The summed E-state index contributed by atoms with van der Waals surface area (Å²) in [5.74, 6) is 2.08. The number of hydrogen-bond donors (Lipinski definition) is 1. The highest BCUT2D eigenvalue weighted by Gasteiger charge is 2.05. The summed E-state index contributed by atoms with van der Waals surface area (Å²) < 4.78 is 10.5. The van der Waals surface area contributed by atoms with Crippen LogP contribution >= 0.6 is 0 Å². The molecule has 0 bridgehead atoms. The van der Waals surface area contributed by atoms with Crippen molar-refractivity contribution in [2.75, 3.05) is 19.6 Å². The summed E-state index contributed by atoms with van der Waals surface area (Å²) in [5, 5.41) is 5.45. The van der Waals surface area contributed by atoms with Gasteiger partial charge < -0.3 is 9.47 Å². The van der Waals surface area contributed by atoms with Gasteiger partial charge in [-0.25, -0.2) is 4.98 Å². The maximum atomic E-state index is 5.30. The van der Waals surface area contributed by atoms with Gasteiger partial charge in [0.05, 0.1) is 26.0 Å². The molecular weight excluding hydrogens is 314 g/mol. The lowest BCUT2D eigenvalue weighted by atomic mass is 10.1. The standard InChI is InChI=1S/C20H21N3O2/c1-13-6-5-7-16-14(2)10-19(22-20(13)16)23-21-12-15-8-9-17(24-3)18(11-15)25-4/h5-12H,1-4H3,(H,22,23). The number of benzene rings is 2. The highest BCUT2D eigenvalue weighted by atomic mass is 16.5. The Morgan fingerprint density at radius 1 is 0.960 bits per heavy atom. The van der Waals surface area contributed by atoms with Crippen molar-refractivity contribution in [2.45, 2.75) is 13.8 Å². The van der Waals surface area contributed by atoms with Crippen LogP contribution in [0.5, 0.6) is 11.5 Å². The molecule has 25 heavy (non-hydrogen) atoms. The minimum atomic E-state index is 0.668. The number of pyridine rings is 1. The highest BCUT2D eigenvalue weighted by molar-refractivity contribution is 5.86. The molecule has 2 aromatic carbocycles. The van der Waals surface area contributed by atoms with Gasteiger partial charge >= 0.3 is 0 Å². The predicted molar refractivity (Wildman–Crippen MR) is 102 cm³/mol. The number of anilines is 1. The maximum Gasteiger partial charge on any atom is 0.161 e. The lowest BCUT2D eigenvalue weighted by molar-refractivity contribution is 0.355. The Kier molecular flexibility index (Phi) is 4.84. The summed E-state index contributed by atoms with van der Waals surface area (Å²) in [5.41, 5.74) is 7.21. The molecule has 0 amide bonds. The number of rotatable bonds is 5. The third-order valence-electron chi connectivity index (χ3n) is 4.05. The second kappa shape index (κ2) is 7.21. The first-order chi connectivity index (χ1) is 12.1. The number of fused-ring (bicyclic) bond motifs is 1. The maximum absolute atomic E-state index is 5.30. The fourth-order valence-electron chi connectivity index (χ4n) is 2.72. The third-order valence-corrected chi connectivity index (χ3v) is 4.05. The molecule has 1 N–H and O–H groups in total. The van der Waals surface area contributed by atoms with Crippen LogP contribution in [0.1, 0.15) is 16.7 Å². The van der Waals surface area contributed by atoms with Crippen molar-refractivity contribution < 1.29 is 9.47 Å². The van der Waals surface area contributed by atoms with E-state index in [2.05, 4.69) is 47.6 Å². The largest absolute Gasteiger partial charge is 0.493 e. The average Bonchev–Trinajstić information content (AvgIpc) is 2.62. The zero-order valence-electron chi connectivity index (χ0n) is 14.8. The summed E-state index contributed by atoms with van der Waals surface area (Å²) in [6, 6.07) is 13.8. The smallest absolute Gasteiger partial charge is 0.161 e. The third kappa shape index (κ3) is 3.55. The van der Waals surface area contributed by atoms with E-state index in [9.17, 15) is 0 Å². The molecule has 0 saturated heterocycles. The molecule has 0 radical (unpaired) electrons. The monoisotopic (exact) mass is 335 g/mol. The first kappa shape index (κ1) is 16.8. The quantitative estimate of drug-likeness (QED) is 0.557. The van der Waals surface area contributed by atoms with Crippen molar-refractivity contribution >= 4 is 22.9 Å². The molecule has 0 unspecified atom stereocenters. The first-order valence-corrected chi connectivity index (χ1v) is 8.00. The van der Waals surface area contributed by atoms with E-state index < -0.39 is 0 Å². The lowest BCUT2D eigenvalue weighted by Gasteiger charge is -2.08. The number of nitrogens with one attached hydrogen (secondary N) is 1. The minimum Gasteiger partial charge on any atom is -0.493 e. The number of hydrogen-bond acceptors (Lipinski definition) is 5. The number of hydrazone groups is 1. The number of para-hydroxylation sites is 1. The van der Waals surface area contributed by atoms with Crippen LogP contribution in [0, 0.1) is 13.8 Å². The molecular formula is C20H21N3O2. The Balaban J connectivity index is 1.83. The van der Waals surface area contributed by atoms with Gasteiger partial charge in [0, 0.05) is 5.39 Å². The van der Waals surface area contributed by atoms with Crippen LogP contribution in [-0.2, 0) is 0 Å². The van der Waals surface area contributed by atoms with Gasteiger partial charge in [-0.15, -0.1) is 0 Å². The van der Waals surface area contributed by atoms with Gasteiger partial charge in [-0.1, -0.05) is 18.2 Å². The Bertz CT molecular complexity index is 936.